The molecule has 4 rings (SSSR count). The van der Waals surface area contributed by atoms with E-state index >= 15 is 0 Å². The molecule has 0 spiro atoms. The largest absolute Gasteiger partial charge is 0.479 e. The maximum atomic E-state index is 12.8. The van der Waals surface area contributed by atoms with E-state index in [1.54, 1.807) is 37.0 Å². The van der Waals surface area contributed by atoms with Crippen LogP contribution in [0.5, 0.6) is 5.75 Å². The third kappa shape index (κ3) is 5.51. The molecule has 10 heteroatoms. The van der Waals surface area contributed by atoms with Crippen LogP contribution in [-0.4, -0.2) is 27.1 Å². The number of aromatic nitrogens is 2. The highest BCUT2D eigenvalue weighted by molar-refractivity contribution is 7.98. The van der Waals surface area contributed by atoms with Crippen LogP contribution in [0.25, 0.3) is 20.9 Å². The summed E-state index contributed by atoms with van der Waals surface area (Å²) >= 11 is 2.91. The van der Waals surface area contributed by atoms with E-state index in [2.05, 4.69) is 9.97 Å². The van der Waals surface area contributed by atoms with E-state index in [0.717, 1.165) is 32.9 Å². The Bertz CT molecular complexity index is 1290. The average Bonchev–Trinajstić information content (AvgIpc) is 3.26. The molecule has 0 saturated carbocycles. The number of carbonyl (C=O) groups is 1. The smallest absolute Gasteiger partial charge is 0.416 e. The number of rotatable bonds is 8. The van der Waals surface area contributed by atoms with Gasteiger partial charge in [0.1, 0.15) is 21.1 Å². The lowest BCUT2D eigenvalue weighted by atomic mass is 10.1. The Labute approximate surface area is 201 Å². The number of hydrogen-bond acceptors (Lipinski definition) is 6. The first-order valence-corrected chi connectivity index (χ1v) is 12.1. The summed E-state index contributed by atoms with van der Waals surface area (Å²) < 4.78 is 44.0. The van der Waals surface area contributed by atoms with Gasteiger partial charge < -0.3 is 9.84 Å². The highest BCUT2D eigenvalue weighted by atomic mass is 32.2. The molecule has 0 fully saturated rings. The monoisotopic (exact) mass is 504 g/mol. The fourth-order valence-electron chi connectivity index (χ4n) is 3.17. The molecule has 0 amide bonds. The molecular formula is C24H19F3N2O3S2. The number of alkyl halides is 3. The van der Waals surface area contributed by atoms with E-state index in [0.29, 0.717) is 28.5 Å². The van der Waals surface area contributed by atoms with Crippen LogP contribution in [0, 0.1) is 0 Å². The molecule has 176 valence electrons. The normalized spacial score (nSPS) is 12.6. The number of ether oxygens (including phenoxy) is 1. The Kier molecular flexibility index (Phi) is 7.08. The standard InChI is InChI=1S/C24H19F3N2O3S2/c1-2-19(23(30)31)32-17-7-9-18(10-8-17)33-13-15-11-12-28-22-20(15)29-21(34-22)14-3-5-16(6-4-14)24(25,26)27/h3-12,19H,2,13H2,1H3,(H,30,31). The summed E-state index contributed by atoms with van der Waals surface area (Å²) in [5.41, 5.74) is 1.60. The Hall–Kier alpha value is -3.11. The van der Waals surface area contributed by atoms with Crippen LogP contribution >= 0.6 is 23.1 Å². The van der Waals surface area contributed by atoms with Crippen LogP contribution in [0.2, 0.25) is 0 Å². The number of fused-ring (bicyclic) bond motifs is 1. The Morgan fingerprint density at radius 3 is 2.44 bits per heavy atom. The molecule has 0 aliphatic heterocycles. The molecule has 1 N–H and O–H groups in total. The van der Waals surface area contributed by atoms with Crippen molar-refractivity contribution in [3.63, 3.8) is 0 Å². The Morgan fingerprint density at radius 2 is 1.82 bits per heavy atom. The van der Waals surface area contributed by atoms with Gasteiger partial charge in [-0.15, -0.1) is 11.8 Å². The molecule has 0 aliphatic carbocycles. The van der Waals surface area contributed by atoms with Gasteiger partial charge in [-0.2, -0.15) is 13.2 Å². The molecule has 1 atom stereocenters. The highest BCUT2D eigenvalue weighted by Crippen LogP contribution is 2.35. The molecule has 2 heterocycles. The summed E-state index contributed by atoms with van der Waals surface area (Å²) in [4.78, 5) is 21.8. The van der Waals surface area contributed by atoms with Gasteiger partial charge in [0.05, 0.1) is 5.56 Å². The number of carboxylic acids is 1. The third-order valence-corrected chi connectivity index (χ3v) is 7.06. The van der Waals surface area contributed by atoms with Crippen molar-refractivity contribution in [1.29, 1.82) is 0 Å². The second-order valence-corrected chi connectivity index (χ2v) is 9.36. The lowest BCUT2D eigenvalue weighted by molar-refractivity contribution is -0.145. The van der Waals surface area contributed by atoms with Crippen molar-refractivity contribution < 1.29 is 27.8 Å². The van der Waals surface area contributed by atoms with Crippen LogP contribution in [0.3, 0.4) is 0 Å². The van der Waals surface area contributed by atoms with E-state index < -0.39 is 23.8 Å². The minimum absolute atomic E-state index is 0.367. The second-order valence-electron chi connectivity index (χ2n) is 7.33. The highest BCUT2D eigenvalue weighted by Gasteiger charge is 2.30. The Morgan fingerprint density at radius 1 is 1.12 bits per heavy atom. The topological polar surface area (TPSA) is 72.3 Å². The minimum Gasteiger partial charge on any atom is -0.479 e. The van der Waals surface area contributed by atoms with Gasteiger partial charge in [-0.3, -0.25) is 0 Å². The second kappa shape index (κ2) is 10.0. The summed E-state index contributed by atoms with van der Waals surface area (Å²) in [6.07, 6.45) is -3.20. The van der Waals surface area contributed by atoms with Gasteiger partial charge in [0.25, 0.3) is 0 Å². The van der Waals surface area contributed by atoms with Crippen molar-refractivity contribution in [2.24, 2.45) is 0 Å². The van der Waals surface area contributed by atoms with Crippen molar-refractivity contribution in [3.8, 4) is 16.3 Å². The van der Waals surface area contributed by atoms with Gasteiger partial charge in [-0.25, -0.2) is 14.8 Å². The molecule has 34 heavy (non-hydrogen) atoms. The van der Waals surface area contributed by atoms with E-state index in [4.69, 9.17) is 9.84 Å². The van der Waals surface area contributed by atoms with Crippen LogP contribution < -0.4 is 4.74 Å². The maximum absolute atomic E-state index is 12.8. The van der Waals surface area contributed by atoms with Gasteiger partial charge in [0.15, 0.2) is 6.10 Å². The van der Waals surface area contributed by atoms with Gasteiger partial charge in [-0.1, -0.05) is 30.4 Å². The van der Waals surface area contributed by atoms with E-state index in [1.165, 1.54) is 23.5 Å². The number of carboxylic acid groups (broad SMARTS) is 1. The number of pyridine rings is 1. The number of thiazole rings is 1. The molecule has 0 aliphatic rings. The van der Waals surface area contributed by atoms with Gasteiger partial charge >= 0.3 is 12.1 Å². The quantitative estimate of drug-likeness (QED) is 0.263. The zero-order chi connectivity index (χ0) is 24.3. The fourth-order valence-corrected chi connectivity index (χ4v) is 5.02. The number of nitrogens with zero attached hydrogens (tertiary/aromatic N) is 2. The molecule has 4 aromatic rings. The fraction of sp³-hybridized carbons (Fsp3) is 0.208. The minimum atomic E-state index is -4.38. The van der Waals surface area contributed by atoms with Crippen molar-refractivity contribution in [2.45, 2.75) is 36.3 Å². The zero-order valence-electron chi connectivity index (χ0n) is 17.9. The molecule has 2 aromatic carbocycles. The number of thioether (sulfide) groups is 1. The first kappa shape index (κ1) is 24.0. The molecule has 2 aromatic heterocycles. The molecule has 1 unspecified atom stereocenters. The molecular weight excluding hydrogens is 485 g/mol. The number of aliphatic carboxylic acids is 1. The summed E-state index contributed by atoms with van der Waals surface area (Å²) in [6.45, 7) is 1.75. The predicted molar refractivity (Wildman–Crippen MR) is 126 cm³/mol. The number of halogens is 3. The lowest BCUT2D eigenvalue weighted by Crippen LogP contribution is -2.25. The Balaban J connectivity index is 1.48. The average molecular weight is 505 g/mol. The SMILES string of the molecule is CCC(Oc1ccc(SCc2ccnc3sc(-c4ccc(C(F)(F)F)cc4)nc23)cc1)C(=O)O. The van der Waals surface area contributed by atoms with E-state index in [9.17, 15) is 18.0 Å². The maximum Gasteiger partial charge on any atom is 0.416 e. The molecule has 5 nitrogen and oxygen atoms in total. The number of benzene rings is 2. The van der Waals surface area contributed by atoms with Crippen LogP contribution in [0.15, 0.2) is 65.7 Å². The third-order valence-electron chi connectivity index (χ3n) is 4.98. The first-order chi connectivity index (χ1) is 16.2. The molecule has 0 radical (unpaired) electrons. The lowest BCUT2D eigenvalue weighted by Gasteiger charge is -2.13. The predicted octanol–water partition coefficient (Wildman–Crippen LogP) is 6.91. The zero-order valence-corrected chi connectivity index (χ0v) is 19.5. The summed E-state index contributed by atoms with van der Waals surface area (Å²) in [5.74, 6) is 0.106. The van der Waals surface area contributed by atoms with E-state index in [-0.39, 0.29) is 0 Å². The summed E-state index contributed by atoms with van der Waals surface area (Å²) in [7, 11) is 0. The van der Waals surface area contributed by atoms with Crippen molar-refractivity contribution in [3.05, 3.63) is 71.9 Å². The van der Waals surface area contributed by atoms with Gasteiger partial charge in [0, 0.05) is 22.4 Å². The van der Waals surface area contributed by atoms with Crippen LogP contribution in [0.1, 0.15) is 24.5 Å². The van der Waals surface area contributed by atoms with Crippen LogP contribution in [-0.2, 0) is 16.7 Å². The van der Waals surface area contributed by atoms with Gasteiger partial charge in [-0.05, 0) is 54.4 Å². The first-order valence-electron chi connectivity index (χ1n) is 10.3. The van der Waals surface area contributed by atoms with Crippen molar-refractivity contribution in [2.75, 3.05) is 0 Å². The molecule has 0 bridgehead atoms. The van der Waals surface area contributed by atoms with Crippen molar-refractivity contribution in [1.82, 2.24) is 9.97 Å². The van der Waals surface area contributed by atoms with Gasteiger partial charge in [0.2, 0.25) is 0 Å². The van der Waals surface area contributed by atoms with Crippen molar-refractivity contribution >= 4 is 39.4 Å². The van der Waals surface area contributed by atoms with Crippen LogP contribution in [0.4, 0.5) is 13.2 Å². The molecule has 0 saturated heterocycles. The number of hydrogen-bond donors (Lipinski definition) is 1. The summed E-state index contributed by atoms with van der Waals surface area (Å²) in [6, 6.07) is 14.0. The van der Waals surface area contributed by atoms with E-state index in [1.807, 2.05) is 18.2 Å². The summed E-state index contributed by atoms with van der Waals surface area (Å²) in [5, 5.41) is 9.73.